The van der Waals surface area contributed by atoms with E-state index in [4.69, 9.17) is 17.4 Å². The molecular weight excluding hydrogens is 280 g/mol. The van der Waals surface area contributed by atoms with Crippen LogP contribution in [0.2, 0.25) is 5.02 Å². The van der Waals surface area contributed by atoms with Crippen LogP contribution in [0.3, 0.4) is 0 Å². The highest BCUT2D eigenvalue weighted by Gasteiger charge is 2.12. The standard InChI is InChI=1S/C18H23ClN2/c1-12(2)15-8-5-14(6-9-15)10-18(21-20)16-7-4-13(3)17(19)11-16/h4-9,11-12,18,21H,10,20H2,1-3H3. The molecule has 1 unspecified atom stereocenters. The molecule has 0 aliphatic heterocycles. The number of nitrogens with one attached hydrogen (secondary N) is 1. The quantitative estimate of drug-likeness (QED) is 0.629. The molecule has 0 bridgehead atoms. The Labute approximate surface area is 132 Å². The second-order valence-corrected chi connectivity index (χ2v) is 6.24. The van der Waals surface area contributed by atoms with Crippen molar-refractivity contribution in [3.63, 3.8) is 0 Å². The lowest BCUT2D eigenvalue weighted by Gasteiger charge is -2.18. The summed E-state index contributed by atoms with van der Waals surface area (Å²) < 4.78 is 0. The predicted molar refractivity (Wildman–Crippen MR) is 90.5 cm³/mol. The first-order chi connectivity index (χ1) is 10.0. The third-order valence-electron chi connectivity index (χ3n) is 3.89. The third-order valence-corrected chi connectivity index (χ3v) is 4.29. The molecule has 0 amide bonds. The van der Waals surface area contributed by atoms with Crippen molar-refractivity contribution in [3.8, 4) is 0 Å². The maximum atomic E-state index is 6.20. The van der Waals surface area contributed by atoms with Crippen molar-refractivity contribution in [2.75, 3.05) is 0 Å². The van der Waals surface area contributed by atoms with Crippen LogP contribution in [0.5, 0.6) is 0 Å². The summed E-state index contributed by atoms with van der Waals surface area (Å²) in [5.41, 5.74) is 7.70. The Kier molecular flexibility index (Phi) is 5.40. The molecule has 112 valence electrons. The molecule has 0 heterocycles. The molecule has 0 radical (unpaired) electrons. The largest absolute Gasteiger partial charge is 0.271 e. The summed E-state index contributed by atoms with van der Waals surface area (Å²) in [7, 11) is 0. The van der Waals surface area contributed by atoms with Crippen LogP contribution in [0, 0.1) is 6.92 Å². The van der Waals surface area contributed by atoms with Crippen LogP contribution in [-0.2, 0) is 6.42 Å². The van der Waals surface area contributed by atoms with Crippen LogP contribution >= 0.6 is 11.6 Å². The van der Waals surface area contributed by atoms with Gasteiger partial charge in [-0.1, -0.05) is 61.8 Å². The highest BCUT2D eigenvalue weighted by molar-refractivity contribution is 6.31. The lowest BCUT2D eigenvalue weighted by Crippen LogP contribution is -2.29. The maximum absolute atomic E-state index is 6.20. The second-order valence-electron chi connectivity index (χ2n) is 5.83. The van der Waals surface area contributed by atoms with Gasteiger partial charge in [-0.15, -0.1) is 0 Å². The number of halogens is 1. The van der Waals surface area contributed by atoms with Crippen molar-refractivity contribution >= 4 is 11.6 Å². The Balaban J connectivity index is 2.16. The Morgan fingerprint density at radius 2 is 1.67 bits per heavy atom. The van der Waals surface area contributed by atoms with Crippen LogP contribution < -0.4 is 11.3 Å². The minimum absolute atomic E-state index is 0.0630. The van der Waals surface area contributed by atoms with Crippen molar-refractivity contribution in [3.05, 3.63) is 69.7 Å². The van der Waals surface area contributed by atoms with E-state index >= 15 is 0 Å². The Hall–Kier alpha value is -1.35. The van der Waals surface area contributed by atoms with Gasteiger partial charge >= 0.3 is 0 Å². The molecule has 1 atom stereocenters. The predicted octanol–water partition coefficient (Wildman–Crippen LogP) is 4.52. The molecule has 0 saturated heterocycles. The normalized spacial score (nSPS) is 12.7. The van der Waals surface area contributed by atoms with E-state index < -0.39 is 0 Å². The zero-order valence-electron chi connectivity index (χ0n) is 12.9. The van der Waals surface area contributed by atoms with Crippen LogP contribution in [-0.4, -0.2) is 0 Å². The number of nitrogens with two attached hydrogens (primary N) is 1. The smallest absolute Gasteiger partial charge is 0.0500 e. The zero-order valence-corrected chi connectivity index (χ0v) is 13.6. The first kappa shape index (κ1) is 16.0. The van der Waals surface area contributed by atoms with Gasteiger partial charge < -0.3 is 0 Å². The minimum atomic E-state index is 0.0630. The number of benzene rings is 2. The first-order valence-corrected chi connectivity index (χ1v) is 7.70. The van der Waals surface area contributed by atoms with Crippen LogP contribution in [0.4, 0.5) is 0 Å². The molecule has 0 saturated carbocycles. The topological polar surface area (TPSA) is 38.0 Å². The molecule has 0 spiro atoms. The fourth-order valence-corrected chi connectivity index (χ4v) is 2.56. The van der Waals surface area contributed by atoms with E-state index in [0.29, 0.717) is 5.92 Å². The Bertz CT molecular complexity index is 591. The Morgan fingerprint density at radius 1 is 1.05 bits per heavy atom. The highest BCUT2D eigenvalue weighted by atomic mass is 35.5. The highest BCUT2D eigenvalue weighted by Crippen LogP contribution is 2.24. The van der Waals surface area contributed by atoms with E-state index in [2.05, 4.69) is 49.6 Å². The van der Waals surface area contributed by atoms with E-state index in [-0.39, 0.29) is 6.04 Å². The molecule has 3 heteroatoms. The van der Waals surface area contributed by atoms with Gasteiger partial charge in [0, 0.05) is 5.02 Å². The van der Waals surface area contributed by atoms with Gasteiger partial charge in [-0.05, 0) is 47.6 Å². The number of hydrazine groups is 1. The summed E-state index contributed by atoms with van der Waals surface area (Å²) in [6, 6.07) is 14.9. The van der Waals surface area contributed by atoms with Gasteiger partial charge in [0.25, 0.3) is 0 Å². The second kappa shape index (κ2) is 7.08. The molecule has 0 fully saturated rings. The molecule has 2 nitrogen and oxygen atoms in total. The molecule has 2 aromatic carbocycles. The zero-order chi connectivity index (χ0) is 15.4. The first-order valence-electron chi connectivity index (χ1n) is 7.32. The molecule has 21 heavy (non-hydrogen) atoms. The summed E-state index contributed by atoms with van der Waals surface area (Å²) in [4.78, 5) is 0. The lowest BCUT2D eigenvalue weighted by atomic mass is 9.96. The molecule has 2 aromatic rings. The molecule has 0 aliphatic rings. The van der Waals surface area contributed by atoms with Crippen molar-refractivity contribution < 1.29 is 0 Å². The number of hydrogen-bond donors (Lipinski definition) is 2. The molecule has 2 rings (SSSR count). The number of hydrogen-bond acceptors (Lipinski definition) is 2. The van der Waals surface area contributed by atoms with Crippen molar-refractivity contribution in [2.24, 2.45) is 5.84 Å². The van der Waals surface area contributed by atoms with E-state index in [0.717, 1.165) is 22.6 Å². The van der Waals surface area contributed by atoms with Crippen LogP contribution in [0.25, 0.3) is 0 Å². The fourth-order valence-electron chi connectivity index (χ4n) is 2.37. The third kappa shape index (κ3) is 4.07. The van der Waals surface area contributed by atoms with Gasteiger partial charge in [0.2, 0.25) is 0 Å². The van der Waals surface area contributed by atoms with Gasteiger partial charge in [-0.25, -0.2) is 0 Å². The molecule has 3 N–H and O–H groups in total. The van der Waals surface area contributed by atoms with Gasteiger partial charge in [-0.2, -0.15) is 0 Å². The summed E-state index contributed by atoms with van der Waals surface area (Å²) in [6.45, 7) is 6.41. The van der Waals surface area contributed by atoms with Crippen molar-refractivity contribution in [1.29, 1.82) is 0 Å². The Morgan fingerprint density at radius 3 is 2.19 bits per heavy atom. The van der Waals surface area contributed by atoms with Crippen molar-refractivity contribution in [1.82, 2.24) is 5.43 Å². The van der Waals surface area contributed by atoms with E-state index in [9.17, 15) is 0 Å². The summed E-state index contributed by atoms with van der Waals surface area (Å²) >= 11 is 6.20. The average molecular weight is 303 g/mol. The van der Waals surface area contributed by atoms with Crippen LogP contribution in [0.15, 0.2) is 42.5 Å². The van der Waals surface area contributed by atoms with E-state index in [1.165, 1.54) is 11.1 Å². The minimum Gasteiger partial charge on any atom is -0.271 e. The molecule has 0 aromatic heterocycles. The molecular formula is C18H23ClN2. The fraction of sp³-hybridized carbons (Fsp3) is 0.333. The number of aryl methyl sites for hydroxylation is 1. The van der Waals surface area contributed by atoms with Crippen LogP contribution in [0.1, 0.15) is 48.1 Å². The van der Waals surface area contributed by atoms with E-state index in [1.807, 2.05) is 19.1 Å². The number of rotatable bonds is 5. The SMILES string of the molecule is Cc1ccc(C(Cc2ccc(C(C)C)cc2)NN)cc1Cl. The average Bonchev–Trinajstić information content (AvgIpc) is 2.48. The van der Waals surface area contributed by atoms with Gasteiger partial charge in [0.1, 0.15) is 0 Å². The van der Waals surface area contributed by atoms with Gasteiger partial charge in [-0.3, -0.25) is 11.3 Å². The van der Waals surface area contributed by atoms with Gasteiger partial charge in [0.15, 0.2) is 0 Å². The summed E-state index contributed by atoms with van der Waals surface area (Å²) in [6.07, 6.45) is 0.842. The summed E-state index contributed by atoms with van der Waals surface area (Å²) in [5.74, 6) is 6.28. The van der Waals surface area contributed by atoms with Gasteiger partial charge in [0.05, 0.1) is 6.04 Å². The monoisotopic (exact) mass is 302 g/mol. The van der Waals surface area contributed by atoms with Crippen molar-refractivity contribution in [2.45, 2.75) is 39.2 Å². The lowest BCUT2D eigenvalue weighted by molar-refractivity contribution is 0.552. The molecule has 0 aliphatic carbocycles. The maximum Gasteiger partial charge on any atom is 0.0500 e. The summed E-state index contributed by atoms with van der Waals surface area (Å²) in [5, 5.41) is 0.780. The van der Waals surface area contributed by atoms with E-state index in [1.54, 1.807) is 0 Å².